The highest BCUT2D eigenvalue weighted by molar-refractivity contribution is 5.84. The maximum absolute atomic E-state index is 12.9. The molecule has 29 heavy (non-hydrogen) atoms. The molecule has 7 nitrogen and oxygen atoms in total. The van der Waals surface area contributed by atoms with E-state index in [9.17, 15) is 4.79 Å². The van der Waals surface area contributed by atoms with Crippen LogP contribution in [-0.2, 0) is 16.1 Å². The van der Waals surface area contributed by atoms with Gasteiger partial charge in [0.25, 0.3) is 0 Å². The minimum atomic E-state index is -0.270. The van der Waals surface area contributed by atoms with E-state index in [0.29, 0.717) is 13.2 Å². The molecule has 7 heteroatoms. The van der Waals surface area contributed by atoms with Crippen molar-refractivity contribution in [3.8, 4) is 0 Å². The number of nitrogens with one attached hydrogen (secondary N) is 1. The van der Waals surface area contributed by atoms with E-state index in [2.05, 4.69) is 43.0 Å². The predicted molar refractivity (Wildman–Crippen MR) is 111 cm³/mol. The number of fused-ring (bicyclic) bond motifs is 1. The van der Waals surface area contributed by atoms with E-state index < -0.39 is 0 Å². The minimum Gasteiger partial charge on any atom is -0.369 e. The van der Waals surface area contributed by atoms with Gasteiger partial charge in [0, 0.05) is 48.6 Å². The zero-order valence-electron chi connectivity index (χ0n) is 16.6. The molecule has 1 amide bonds. The molecule has 0 saturated carbocycles. The summed E-state index contributed by atoms with van der Waals surface area (Å²) in [7, 11) is 0. The van der Waals surface area contributed by atoms with Crippen LogP contribution in [0.25, 0.3) is 10.9 Å². The van der Waals surface area contributed by atoms with Crippen LogP contribution in [0.5, 0.6) is 0 Å². The molecule has 1 N–H and O–H groups in total. The molecule has 2 aliphatic heterocycles. The van der Waals surface area contributed by atoms with E-state index >= 15 is 0 Å². The predicted octanol–water partition coefficient (Wildman–Crippen LogP) is 2.66. The van der Waals surface area contributed by atoms with Crippen molar-refractivity contribution < 1.29 is 9.53 Å². The number of aromatic amines is 1. The van der Waals surface area contributed by atoms with Gasteiger partial charge >= 0.3 is 0 Å². The van der Waals surface area contributed by atoms with Gasteiger partial charge in [-0.1, -0.05) is 12.1 Å². The maximum Gasteiger partial charge on any atom is 0.249 e. The van der Waals surface area contributed by atoms with Gasteiger partial charge in [0.2, 0.25) is 11.9 Å². The number of hydrogen-bond donors (Lipinski definition) is 1. The van der Waals surface area contributed by atoms with Gasteiger partial charge in [0.15, 0.2) is 0 Å². The third-order valence-electron chi connectivity index (χ3n) is 6.24. The average Bonchev–Trinajstić information content (AvgIpc) is 3.21. The Bertz CT molecular complexity index is 1040. The van der Waals surface area contributed by atoms with Gasteiger partial charge in [-0.2, -0.15) is 0 Å². The summed E-state index contributed by atoms with van der Waals surface area (Å²) in [5.41, 5.74) is 2.97. The third kappa shape index (κ3) is 3.25. The van der Waals surface area contributed by atoms with E-state index in [1.54, 1.807) is 6.20 Å². The summed E-state index contributed by atoms with van der Waals surface area (Å²) in [5, 5.41) is 1.17. The molecule has 2 saturated heterocycles. The number of morpholine rings is 1. The number of piperidine rings is 1. The lowest BCUT2D eigenvalue weighted by Gasteiger charge is -2.51. The second-order valence-corrected chi connectivity index (χ2v) is 8.04. The first kappa shape index (κ1) is 18.1. The van der Waals surface area contributed by atoms with Crippen molar-refractivity contribution in [3.05, 3.63) is 54.0 Å². The molecule has 2 fully saturated rings. The summed E-state index contributed by atoms with van der Waals surface area (Å²) in [4.78, 5) is 29.4. The normalized spacial score (nSPS) is 19.3. The number of carbonyl (C=O) groups excluding carboxylic acids is 1. The highest BCUT2D eigenvalue weighted by Gasteiger charge is 2.45. The quantitative estimate of drug-likeness (QED) is 0.743. The van der Waals surface area contributed by atoms with Gasteiger partial charge in [0.1, 0.15) is 6.61 Å². The fraction of sp³-hybridized carbons (Fsp3) is 0.409. The van der Waals surface area contributed by atoms with Crippen molar-refractivity contribution in [2.24, 2.45) is 0 Å². The van der Waals surface area contributed by atoms with Gasteiger partial charge in [0.05, 0.1) is 12.1 Å². The van der Waals surface area contributed by atoms with Crippen LogP contribution in [-0.4, -0.2) is 57.6 Å². The van der Waals surface area contributed by atoms with Gasteiger partial charge in [-0.25, -0.2) is 9.97 Å². The van der Waals surface area contributed by atoms with Crippen LogP contribution in [0.1, 0.15) is 24.1 Å². The zero-order chi connectivity index (χ0) is 19.8. The summed E-state index contributed by atoms with van der Waals surface area (Å²) in [6.07, 6.45) is 5.45. The topological polar surface area (TPSA) is 74.4 Å². The van der Waals surface area contributed by atoms with E-state index in [4.69, 9.17) is 4.74 Å². The number of H-pyrrole nitrogens is 1. The van der Waals surface area contributed by atoms with Crippen LogP contribution in [0.15, 0.2) is 42.7 Å². The zero-order valence-corrected chi connectivity index (χ0v) is 16.6. The number of amides is 1. The number of aryl methyl sites for hydroxylation is 1. The summed E-state index contributed by atoms with van der Waals surface area (Å²) in [6, 6.07) is 10.2. The molecule has 0 bridgehead atoms. The van der Waals surface area contributed by atoms with E-state index in [1.165, 1.54) is 10.9 Å². The van der Waals surface area contributed by atoms with Crippen molar-refractivity contribution in [3.63, 3.8) is 0 Å². The maximum atomic E-state index is 12.9. The summed E-state index contributed by atoms with van der Waals surface area (Å²) >= 11 is 0. The molecule has 2 aliphatic rings. The molecule has 1 aromatic carbocycles. The Morgan fingerprint density at radius 2 is 2.07 bits per heavy atom. The van der Waals surface area contributed by atoms with E-state index in [-0.39, 0.29) is 18.1 Å². The van der Waals surface area contributed by atoms with Crippen LogP contribution in [0.2, 0.25) is 0 Å². The van der Waals surface area contributed by atoms with Gasteiger partial charge in [-0.15, -0.1) is 0 Å². The van der Waals surface area contributed by atoms with Crippen LogP contribution >= 0.6 is 0 Å². The van der Waals surface area contributed by atoms with Crippen molar-refractivity contribution in [2.45, 2.75) is 31.8 Å². The van der Waals surface area contributed by atoms with Crippen molar-refractivity contribution in [1.29, 1.82) is 0 Å². The highest BCUT2D eigenvalue weighted by atomic mass is 16.5. The fourth-order valence-electron chi connectivity index (χ4n) is 4.59. The molecule has 3 aromatic rings. The van der Waals surface area contributed by atoms with Crippen molar-refractivity contribution in [2.75, 3.05) is 31.2 Å². The first-order valence-corrected chi connectivity index (χ1v) is 10.1. The molecule has 150 valence electrons. The monoisotopic (exact) mass is 391 g/mol. The summed E-state index contributed by atoms with van der Waals surface area (Å²) in [5.74, 6) is 0.843. The Labute approximate surface area is 169 Å². The lowest BCUT2D eigenvalue weighted by molar-refractivity contribution is -0.161. The lowest BCUT2D eigenvalue weighted by atomic mass is 9.84. The number of hydrogen-bond acceptors (Lipinski definition) is 5. The summed E-state index contributed by atoms with van der Waals surface area (Å²) in [6.45, 7) is 4.96. The molecule has 0 aliphatic carbocycles. The first-order chi connectivity index (χ1) is 14.1. The first-order valence-electron chi connectivity index (χ1n) is 10.1. The van der Waals surface area contributed by atoms with E-state index in [0.717, 1.165) is 43.1 Å². The van der Waals surface area contributed by atoms with Gasteiger partial charge < -0.3 is 19.5 Å². The largest absolute Gasteiger partial charge is 0.369 e. The van der Waals surface area contributed by atoms with Crippen molar-refractivity contribution >= 4 is 22.8 Å². The Morgan fingerprint density at radius 1 is 1.21 bits per heavy atom. The molecule has 0 unspecified atom stereocenters. The van der Waals surface area contributed by atoms with Gasteiger partial charge in [-0.05, 0) is 43.5 Å². The summed E-state index contributed by atoms with van der Waals surface area (Å²) < 4.78 is 5.73. The Hall–Kier alpha value is -2.93. The number of carbonyl (C=O) groups is 1. The number of anilines is 1. The van der Waals surface area contributed by atoms with Crippen LogP contribution in [0.3, 0.4) is 0 Å². The number of aromatic nitrogens is 3. The molecule has 0 radical (unpaired) electrons. The number of nitrogens with zero attached hydrogens (tertiary/aromatic N) is 4. The van der Waals surface area contributed by atoms with E-state index in [1.807, 2.05) is 25.3 Å². The Morgan fingerprint density at radius 3 is 2.90 bits per heavy atom. The van der Waals surface area contributed by atoms with Crippen LogP contribution < -0.4 is 4.90 Å². The third-order valence-corrected chi connectivity index (χ3v) is 6.24. The highest BCUT2D eigenvalue weighted by Crippen LogP contribution is 2.35. The van der Waals surface area contributed by atoms with Crippen molar-refractivity contribution in [1.82, 2.24) is 19.9 Å². The van der Waals surface area contributed by atoms with Crippen LogP contribution in [0, 0.1) is 6.92 Å². The molecule has 5 rings (SSSR count). The molecule has 0 atom stereocenters. The number of benzene rings is 1. The smallest absolute Gasteiger partial charge is 0.249 e. The fourth-order valence-corrected chi connectivity index (χ4v) is 4.59. The molecular weight excluding hydrogens is 366 g/mol. The average molecular weight is 391 g/mol. The minimum absolute atomic E-state index is 0.0732. The second kappa shape index (κ2) is 7.15. The standard InChI is InChI=1S/C22H25N5O2/c1-16-5-9-24-21(25-16)26-11-7-22(8-12-26)15-29-14-20(28)27(22)13-17-3-2-4-19-18(17)6-10-23-19/h2-6,9-10,23H,7-8,11-15H2,1H3. The molecule has 4 heterocycles. The second-order valence-electron chi connectivity index (χ2n) is 8.04. The molecular formula is C22H25N5O2. The number of ether oxygens (including phenoxy) is 1. The van der Waals surface area contributed by atoms with Crippen LogP contribution in [0.4, 0.5) is 5.95 Å². The Kier molecular flexibility index (Phi) is 4.47. The number of rotatable bonds is 3. The SMILES string of the molecule is Cc1ccnc(N2CCC3(CC2)COCC(=O)N3Cc2cccc3[nH]ccc23)n1. The lowest BCUT2D eigenvalue weighted by Crippen LogP contribution is -2.63. The Balaban J connectivity index is 1.39. The molecule has 1 spiro atoms. The van der Waals surface area contributed by atoms with Gasteiger partial charge in [-0.3, -0.25) is 4.79 Å². The molecule has 2 aromatic heterocycles.